The third kappa shape index (κ3) is 3.21. The Balaban J connectivity index is 1.95. The molecule has 3 rings (SSSR count). The first-order chi connectivity index (χ1) is 11.9. The number of halogens is 1. The van der Waals surface area contributed by atoms with Gasteiger partial charge in [0.05, 0.1) is 21.9 Å². The van der Waals surface area contributed by atoms with Gasteiger partial charge < -0.3 is 4.90 Å². The number of rotatable bonds is 2. The zero-order valence-electron chi connectivity index (χ0n) is 16.7. The summed E-state index contributed by atoms with van der Waals surface area (Å²) in [4.78, 5) is 15.4. The topological polar surface area (TPSA) is 56.0 Å². The average molecular weight is 422 g/mol. The molecular formula is C19H28BrN5O. The Morgan fingerprint density at radius 3 is 2.54 bits per heavy atom. The molecule has 1 fully saturated rings. The highest BCUT2D eigenvalue weighted by Gasteiger charge is 2.44. The molecule has 1 aliphatic heterocycles. The van der Waals surface area contributed by atoms with Crippen LogP contribution >= 0.6 is 15.9 Å². The molecule has 1 saturated heterocycles. The largest absolute Gasteiger partial charge is 0.336 e. The molecule has 2 aromatic heterocycles. The van der Waals surface area contributed by atoms with Crippen LogP contribution in [0.4, 0.5) is 0 Å². The number of amides is 1. The predicted molar refractivity (Wildman–Crippen MR) is 105 cm³/mol. The summed E-state index contributed by atoms with van der Waals surface area (Å²) < 4.78 is 4.46. The van der Waals surface area contributed by atoms with Crippen LogP contribution in [-0.4, -0.2) is 43.5 Å². The van der Waals surface area contributed by atoms with E-state index in [1.807, 2.05) is 34.4 Å². The number of nitrogens with zero attached hydrogens (tertiary/aromatic N) is 5. The summed E-state index contributed by atoms with van der Waals surface area (Å²) >= 11 is 3.59. The molecule has 0 radical (unpaired) electrons. The first-order valence-corrected chi connectivity index (χ1v) is 9.74. The quantitative estimate of drug-likeness (QED) is 0.742. The van der Waals surface area contributed by atoms with Crippen molar-refractivity contribution < 1.29 is 4.79 Å². The molecule has 0 N–H and O–H groups in total. The highest BCUT2D eigenvalue weighted by atomic mass is 79.9. The molecule has 0 spiro atoms. The van der Waals surface area contributed by atoms with E-state index in [1.54, 1.807) is 0 Å². The van der Waals surface area contributed by atoms with E-state index in [4.69, 9.17) is 0 Å². The Morgan fingerprint density at radius 1 is 1.35 bits per heavy atom. The Kier molecular flexibility index (Phi) is 4.58. The minimum atomic E-state index is -0.264. The Hall–Kier alpha value is -1.63. The van der Waals surface area contributed by atoms with Crippen molar-refractivity contribution in [2.24, 2.45) is 12.5 Å². The second-order valence-corrected chi connectivity index (χ2v) is 9.80. The molecular weight excluding hydrogens is 394 g/mol. The van der Waals surface area contributed by atoms with Crippen LogP contribution < -0.4 is 0 Å². The summed E-state index contributed by atoms with van der Waals surface area (Å²) in [5.41, 5.74) is 2.39. The van der Waals surface area contributed by atoms with E-state index in [-0.39, 0.29) is 22.8 Å². The predicted octanol–water partition coefficient (Wildman–Crippen LogP) is 3.71. The number of carbonyl (C=O) groups excluding carboxylic acids is 1. The Morgan fingerprint density at radius 2 is 2.00 bits per heavy atom. The zero-order valence-corrected chi connectivity index (χ0v) is 18.3. The molecule has 2 aromatic rings. The Bertz CT molecular complexity index is 843. The molecule has 3 heterocycles. The van der Waals surface area contributed by atoms with Gasteiger partial charge in [-0.05, 0) is 54.6 Å². The fraction of sp³-hybridized carbons (Fsp3) is 0.632. The summed E-state index contributed by atoms with van der Waals surface area (Å²) in [6.07, 6.45) is 3.97. The summed E-state index contributed by atoms with van der Waals surface area (Å²) in [7, 11) is 1.93. The lowest BCUT2D eigenvalue weighted by Crippen LogP contribution is -2.35. The van der Waals surface area contributed by atoms with Crippen LogP contribution in [0.25, 0.3) is 0 Å². The van der Waals surface area contributed by atoms with Crippen molar-refractivity contribution in [3.05, 3.63) is 33.8 Å². The van der Waals surface area contributed by atoms with Crippen LogP contribution in [0.3, 0.4) is 0 Å². The number of likely N-dealkylation sites (tertiary alicyclic amines) is 1. The molecule has 0 aromatic carbocycles. The fourth-order valence-corrected chi connectivity index (χ4v) is 4.21. The monoisotopic (exact) mass is 421 g/mol. The summed E-state index contributed by atoms with van der Waals surface area (Å²) in [5, 5.41) is 8.91. The van der Waals surface area contributed by atoms with Gasteiger partial charge in [-0.2, -0.15) is 10.2 Å². The second-order valence-electron chi connectivity index (χ2n) is 9.00. The van der Waals surface area contributed by atoms with E-state index in [9.17, 15) is 4.79 Å². The highest BCUT2D eigenvalue weighted by molar-refractivity contribution is 9.10. The van der Waals surface area contributed by atoms with E-state index < -0.39 is 0 Å². The van der Waals surface area contributed by atoms with Crippen LogP contribution in [0.2, 0.25) is 0 Å². The van der Waals surface area contributed by atoms with Gasteiger partial charge in [0.1, 0.15) is 5.69 Å². The van der Waals surface area contributed by atoms with Crippen molar-refractivity contribution in [1.82, 2.24) is 24.5 Å². The zero-order chi connectivity index (χ0) is 19.4. The maximum absolute atomic E-state index is 13.4. The summed E-state index contributed by atoms with van der Waals surface area (Å²) in [6.45, 7) is 14.0. The van der Waals surface area contributed by atoms with Gasteiger partial charge in [0, 0.05) is 32.3 Å². The number of hydrogen-bond donors (Lipinski definition) is 0. The van der Waals surface area contributed by atoms with Gasteiger partial charge in [-0.15, -0.1) is 0 Å². The molecule has 1 unspecified atom stereocenters. The van der Waals surface area contributed by atoms with Gasteiger partial charge in [0.25, 0.3) is 5.91 Å². The van der Waals surface area contributed by atoms with Gasteiger partial charge in [0.15, 0.2) is 0 Å². The number of aromatic nitrogens is 4. The van der Waals surface area contributed by atoms with Crippen LogP contribution in [0.1, 0.15) is 62.3 Å². The van der Waals surface area contributed by atoms with Crippen LogP contribution in [0, 0.1) is 12.3 Å². The van der Waals surface area contributed by atoms with Gasteiger partial charge in [0.2, 0.25) is 0 Å². The smallest absolute Gasteiger partial charge is 0.273 e. The van der Waals surface area contributed by atoms with E-state index >= 15 is 0 Å². The molecule has 6 nitrogen and oxygen atoms in total. The minimum Gasteiger partial charge on any atom is -0.336 e. The van der Waals surface area contributed by atoms with Gasteiger partial charge in [-0.1, -0.05) is 13.8 Å². The lowest BCUT2D eigenvalue weighted by atomic mass is 9.79. The van der Waals surface area contributed by atoms with Crippen molar-refractivity contribution >= 4 is 21.8 Å². The van der Waals surface area contributed by atoms with E-state index in [0.29, 0.717) is 18.8 Å². The molecule has 0 saturated carbocycles. The second kappa shape index (κ2) is 6.22. The third-order valence-corrected chi connectivity index (χ3v) is 6.13. The standard InChI is InChI=1S/C19H28BrN5O/c1-12-15(20)16(25(22-12)18(2,3)4)17(26)24-10-14(19(5,6)11-24)13-8-21-23(7)9-13/h8-9,14H,10-11H2,1-7H3. The van der Waals surface area contributed by atoms with Gasteiger partial charge in [-0.3, -0.25) is 14.2 Å². The first kappa shape index (κ1) is 19.1. The number of aryl methyl sites for hydroxylation is 2. The molecule has 0 bridgehead atoms. The lowest BCUT2D eigenvalue weighted by Gasteiger charge is -2.25. The lowest BCUT2D eigenvalue weighted by molar-refractivity contribution is 0.0756. The molecule has 1 atom stereocenters. The molecule has 0 aliphatic carbocycles. The van der Waals surface area contributed by atoms with E-state index in [1.165, 1.54) is 5.56 Å². The maximum atomic E-state index is 13.4. The number of hydrogen-bond acceptors (Lipinski definition) is 3. The van der Waals surface area contributed by atoms with Crippen molar-refractivity contribution in [2.45, 2.75) is 53.0 Å². The van der Waals surface area contributed by atoms with Gasteiger partial charge in [-0.25, -0.2) is 0 Å². The average Bonchev–Trinajstić information content (AvgIpc) is 3.15. The molecule has 26 heavy (non-hydrogen) atoms. The third-order valence-electron chi connectivity index (χ3n) is 5.18. The van der Waals surface area contributed by atoms with Crippen LogP contribution in [-0.2, 0) is 12.6 Å². The van der Waals surface area contributed by atoms with Crippen molar-refractivity contribution in [3.63, 3.8) is 0 Å². The summed E-state index contributed by atoms with van der Waals surface area (Å²) in [6, 6.07) is 0. The van der Waals surface area contributed by atoms with Crippen molar-refractivity contribution in [1.29, 1.82) is 0 Å². The SMILES string of the molecule is Cc1nn(C(C)(C)C)c(C(=O)N2CC(c3cnn(C)c3)C(C)(C)C2)c1Br. The van der Waals surface area contributed by atoms with Crippen LogP contribution in [0.5, 0.6) is 0 Å². The molecule has 142 valence electrons. The van der Waals surface area contributed by atoms with E-state index in [0.717, 1.165) is 10.2 Å². The molecule has 1 aliphatic rings. The first-order valence-electron chi connectivity index (χ1n) is 8.95. The highest BCUT2D eigenvalue weighted by Crippen LogP contribution is 2.43. The number of carbonyl (C=O) groups is 1. The molecule has 7 heteroatoms. The normalized spacial score (nSPS) is 20.0. The van der Waals surface area contributed by atoms with Gasteiger partial charge >= 0.3 is 0 Å². The maximum Gasteiger partial charge on any atom is 0.273 e. The minimum absolute atomic E-state index is 0.00714. The van der Waals surface area contributed by atoms with E-state index in [2.05, 4.69) is 66.9 Å². The summed E-state index contributed by atoms with van der Waals surface area (Å²) in [5.74, 6) is 0.304. The van der Waals surface area contributed by atoms with Crippen molar-refractivity contribution in [2.75, 3.05) is 13.1 Å². The van der Waals surface area contributed by atoms with Crippen molar-refractivity contribution in [3.8, 4) is 0 Å². The Labute approximate surface area is 163 Å². The van der Waals surface area contributed by atoms with Crippen LogP contribution in [0.15, 0.2) is 16.9 Å². The molecule has 1 amide bonds. The fourth-order valence-electron chi connectivity index (χ4n) is 3.79.